The van der Waals surface area contributed by atoms with Crippen molar-refractivity contribution in [1.29, 1.82) is 0 Å². The van der Waals surface area contributed by atoms with Gasteiger partial charge in [0.25, 0.3) is 5.91 Å². The lowest BCUT2D eigenvalue weighted by molar-refractivity contribution is -0.0261. The Morgan fingerprint density at radius 3 is 2.77 bits per heavy atom. The quantitative estimate of drug-likeness (QED) is 0.416. The number of aliphatic hydroxyl groups excluding tert-OH is 1. The van der Waals surface area contributed by atoms with E-state index in [1.807, 2.05) is 0 Å². The van der Waals surface area contributed by atoms with Gasteiger partial charge in [0.2, 0.25) is 0 Å². The highest BCUT2D eigenvalue weighted by atomic mass is 19.1. The van der Waals surface area contributed by atoms with Gasteiger partial charge in [0.15, 0.2) is 5.78 Å². The summed E-state index contributed by atoms with van der Waals surface area (Å²) in [5.74, 6) is -1.84. The average Bonchev–Trinajstić information content (AvgIpc) is 3.33. The molecule has 2 heterocycles. The Labute approximate surface area is 202 Å². The van der Waals surface area contributed by atoms with E-state index in [0.717, 1.165) is 0 Å². The van der Waals surface area contributed by atoms with Crippen molar-refractivity contribution in [1.82, 2.24) is 5.32 Å². The molecule has 1 amide bonds. The topological polar surface area (TPSA) is 94.1 Å². The molecule has 188 valence electrons. The van der Waals surface area contributed by atoms with E-state index >= 15 is 4.39 Å². The zero-order chi connectivity index (χ0) is 24.9. The van der Waals surface area contributed by atoms with Gasteiger partial charge in [-0.3, -0.25) is 9.59 Å². The first-order valence-electron chi connectivity index (χ1n) is 11.7. The first kappa shape index (κ1) is 25.2. The number of hydrogen-bond donors (Lipinski definition) is 2. The lowest BCUT2D eigenvalue weighted by atomic mass is 9.95. The van der Waals surface area contributed by atoms with E-state index in [1.165, 1.54) is 18.2 Å². The van der Waals surface area contributed by atoms with Crippen LogP contribution in [0.1, 0.15) is 56.7 Å². The van der Waals surface area contributed by atoms with Gasteiger partial charge in [-0.05, 0) is 42.2 Å². The molecule has 4 rings (SSSR count). The summed E-state index contributed by atoms with van der Waals surface area (Å²) in [6, 6.07) is 5.26. The lowest BCUT2D eigenvalue weighted by Crippen LogP contribution is -2.48. The van der Waals surface area contributed by atoms with E-state index < -0.39 is 29.7 Å². The molecule has 2 aromatic carbocycles. The second-order valence-electron chi connectivity index (χ2n) is 8.82. The third kappa shape index (κ3) is 5.69. The molecule has 0 bridgehead atoms. The van der Waals surface area contributed by atoms with Gasteiger partial charge in [-0.1, -0.05) is 6.07 Å². The van der Waals surface area contributed by atoms with Gasteiger partial charge in [0.1, 0.15) is 17.4 Å². The maximum atomic E-state index is 15.2. The van der Waals surface area contributed by atoms with Crippen LogP contribution in [-0.2, 0) is 22.3 Å². The molecule has 2 aliphatic heterocycles. The Morgan fingerprint density at radius 2 is 2.03 bits per heavy atom. The van der Waals surface area contributed by atoms with E-state index in [4.69, 9.17) is 14.2 Å². The van der Waals surface area contributed by atoms with Crippen molar-refractivity contribution in [2.75, 3.05) is 33.5 Å². The van der Waals surface area contributed by atoms with Gasteiger partial charge < -0.3 is 24.6 Å². The Morgan fingerprint density at radius 1 is 1.20 bits per heavy atom. The fraction of sp³-hybridized carbons (Fsp3) is 0.462. The van der Waals surface area contributed by atoms with E-state index in [2.05, 4.69) is 5.32 Å². The van der Waals surface area contributed by atoms with Gasteiger partial charge in [-0.2, -0.15) is 0 Å². The maximum absolute atomic E-state index is 15.2. The second-order valence-corrected chi connectivity index (χ2v) is 8.82. The summed E-state index contributed by atoms with van der Waals surface area (Å²) in [6.07, 6.45) is 0.753. The fourth-order valence-electron chi connectivity index (χ4n) is 4.48. The summed E-state index contributed by atoms with van der Waals surface area (Å²) in [4.78, 5) is 25.2. The van der Waals surface area contributed by atoms with Crippen molar-refractivity contribution in [2.24, 2.45) is 0 Å². The number of nitrogens with one attached hydrogen (secondary N) is 1. The van der Waals surface area contributed by atoms with Crippen LogP contribution in [-0.4, -0.2) is 62.5 Å². The molecular formula is C26H29F2NO6. The summed E-state index contributed by atoms with van der Waals surface area (Å²) in [6.45, 7) is 1.20. The number of rotatable bonds is 9. The third-order valence-electron chi connectivity index (χ3n) is 6.35. The first-order valence-corrected chi connectivity index (χ1v) is 11.7. The molecule has 2 N–H and O–H groups in total. The minimum absolute atomic E-state index is 0.0144. The molecule has 2 aliphatic rings. The number of carbonyl (C=O) groups is 2. The number of aliphatic hydroxyl groups is 1. The molecule has 0 aliphatic carbocycles. The number of methoxy groups -OCH3 is 1. The standard InChI is InChI=1S/C26H29F2NO6/c1-33-8-2-3-22(30)17-5-4-15(12-20(17)27)11-16-13-19(24(28)18-6-10-35-25(16)18)26(32)29-21-7-9-34-14-23(21)31/h4-5,12-13,21,23,31H,2-3,6-11,14H2,1H3,(H,29,32)/t21-,23-/m0/s1. The number of hydrogen-bond acceptors (Lipinski definition) is 6. The highest BCUT2D eigenvalue weighted by Gasteiger charge is 2.30. The van der Waals surface area contributed by atoms with Crippen LogP contribution >= 0.6 is 0 Å². The zero-order valence-electron chi connectivity index (χ0n) is 19.6. The van der Waals surface area contributed by atoms with Crippen LogP contribution in [0.25, 0.3) is 0 Å². The number of fused-ring (bicyclic) bond motifs is 1. The molecule has 9 heteroatoms. The van der Waals surface area contributed by atoms with Crippen molar-refractivity contribution in [3.05, 3.63) is 63.7 Å². The number of benzene rings is 2. The number of amides is 1. The summed E-state index contributed by atoms with van der Waals surface area (Å²) in [7, 11) is 1.54. The zero-order valence-corrected chi connectivity index (χ0v) is 19.6. The summed E-state index contributed by atoms with van der Waals surface area (Å²) in [5.41, 5.74) is 1.29. The van der Waals surface area contributed by atoms with Crippen LogP contribution < -0.4 is 10.1 Å². The number of ether oxygens (including phenoxy) is 3. The van der Waals surface area contributed by atoms with Crippen molar-refractivity contribution in [3.63, 3.8) is 0 Å². The van der Waals surface area contributed by atoms with Gasteiger partial charge in [-0.15, -0.1) is 0 Å². The number of Topliss-reactive ketones (excluding diaryl/α,β-unsaturated/α-hetero) is 1. The molecule has 2 atom stereocenters. The number of ketones is 1. The third-order valence-corrected chi connectivity index (χ3v) is 6.35. The van der Waals surface area contributed by atoms with Crippen molar-refractivity contribution >= 4 is 11.7 Å². The van der Waals surface area contributed by atoms with Crippen LogP contribution in [0.15, 0.2) is 24.3 Å². The molecule has 0 unspecified atom stereocenters. The second kappa shape index (κ2) is 11.2. The maximum Gasteiger partial charge on any atom is 0.254 e. The molecule has 0 radical (unpaired) electrons. The predicted octanol–water partition coefficient (Wildman–Crippen LogP) is 2.98. The minimum atomic E-state index is -0.869. The Bertz CT molecular complexity index is 1110. The summed E-state index contributed by atoms with van der Waals surface area (Å²) in [5, 5.41) is 12.8. The molecule has 35 heavy (non-hydrogen) atoms. The Kier molecular flexibility index (Phi) is 8.10. The minimum Gasteiger partial charge on any atom is -0.493 e. The molecule has 0 spiro atoms. The van der Waals surface area contributed by atoms with Gasteiger partial charge >= 0.3 is 0 Å². The highest BCUT2D eigenvalue weighted by molar-refractivity contribution is 5.96. The van der Waals surface area contributed by atoms with Crippen LogP contribution in [0, 0.1) is 11.6 Å². The van der Waals surface area contributed by atoms with E-state index in [-0.39, 0.29) is 43.0 Å². The molecule has 1 fully saturated rings. The van der Waals surface area contributed by atoms with E-state index in [0.29, 0.717) is 54.9 Å². The van der Waals surface area contributed by atoms with Crippen LogP contribution in [0.4, 0.5) is 8.78 Å². The highest BCUT2D eigenvalue weighted by Crippen LogP contribution is 2.35. The normalized spacial score (nSPS) is 19.2. The predicted molar refractivity (Wildman–Crippen MR) is 123 cm³/mol. The van der Waals surface area contributed by atoms with Crippen molar-refractivity contribution in [2.45, 2.75) is 44.2 Å². The Hall–Kier alpha value is -2.88. The Balaban J connectivity index is 1.56. The van der Waals surface area contributed by atoms with Crippen molar-refractivity contribution < 1.29 is 37.7 Å². The van der Waals surface area contributed by atoms with Crippen LogP contribution in [0.5, 0.6) is 5.75 Å². The molecule has 0 aromatic heterocycles. The largest absolute Gasteiger partial charge is 0.493 e. The van der Waals surface area contributed by atoms with Gasteiger partial charge in [-0.25, -0.2) is 8.78 Å². The van der Waals surface area contributed by atoms with E-state index in [1.54, 1.807) is 13.2 Å². The van der Waals surface area contributed by atoms with E-state index in [9.17, 15) is 19.1 Å². The lowest BCUT2D eigenvalue weighted by Gasteiger charge is -2.28. The monoisotopic (exact) mass is 489 g/mol. The summed E-state index contributed by atoms with van der Waals surface area (Å²) >= 11 is 0. The van der Waals surface area contributed by atoms with Crippen molar-refractivity contribution in [3.8, 4) is 5.75 Å². The molecule has 1 saturated heterocycles. The fourth-order valence-corrected chi connectivity index (χ4v) is 4.48. The average molecular weight is 490 g/mol. The van der Waals surface area contributed by atoms with Gasteiger partial charge in [0.05, 0.1) is 36.5 Å². The SMILES string of the molecule is COCCCC(=O)c1ccc(Cc2cc(C(=O)N[C@H]3CCOC[C@@H]3O)c(F)c3c2OCC3)cc1F. The molecule has 0 saturated carbocycles. The van der Waals surface area contributed by atoms with Crippen LogP contribution in [0.3, 0.4) is 0 Å². The first-order chi connectivity index (χ1) is 16.9. The number of carbonyl (C=O) groups excluding carboxylic acids is 2. The molecule has 7 nitrogen and oxygen atoms in total. The van der Waals surface area contributed by atoms with Crippen LogP contribution in [0.2, 0.25) is 0 Å². The molecule has 2 aromatic rings. The molecular weight excluding hydrogens is 460 g/mol. The van der Waals surface area contributed by atoms with Gasteiger partial charge in [0, 0.05) is 45.1 Å². The summed E-state index contributed by atoms with van der Waals surface area (Å²) < 4.78 is 45.7. The number of halogens is 2. The smallest absolute Gasteiger partial charge is 0.254 e.